The zero-order valence-corrected chi connectivity index (χ0v) is 21.6. The summed E-state index contributed by atoms with van der Waals surface area (Å²) in [4.78, 5) is 24.5. The first-order valence-corrected chi connectivity index (χ1v) is 13.7. The summed E-state index contributed by atoms with van der Waals surface area (Å²) in [6.07, 6.45) is 7.03. The number of rotatable bonds is 5. The van der Waals surface area contributed by atoms with Gasteiger partial charge in [0.15, 0.2) is 0 Å². The second-order valence-electron chi connectivity index (χ2n) is 12.4. The molecule has 7 nitrogen and oxygen atoms in total. The van der Waals surface area contributed by atoms with Crippen LogP contribution >= 0.6 is 0 Å². The Bertz CT molecular complexity index is 1000. The van der Waals surface area contributed by atoms with E-state index in [0.29, 0.717) is 31.6 Å². The Morgan fingerprint density at radius 1 is 1.17 bits per heavy atom. The first-order chi connectivity index (χ1) is 17.1. The van der Waals surface area contributed by atoms with Crippen molar-refractivity contribution in [1.29, 1.82) is 0 Å². The molecule has 0 radical (unpaired) electrons. The van der Waals surface area contributed by atoms with E-state index in [0.717, 1.165) is 37.7 Å². The molecule has 2 aliphatic heterocycles. The van der Waals surface area contributed by atoms with Gasteiger partial charge in [0.2, 0.25) is 0 Å². The Hall–Kier alpha value is -1.88. The fourth-order valence-corrected chi connectivity index (χ4v) is 8.85. The lowest BCUT2D eigenvalue weighted by molar-refractivity contribution is -0.319. The van der Waals surface area contributed by atoms with E-state index in [-0.39, 0.29) is 36.8 Å². The molecule has 3 aliphatic carbocycles. The van der Waals surface area contributed by atoms with Crippen molar-refractivity contribution in [2.24, 2.45) is 28.1 Å². The van der Waals surface area contributed by atoms with Crippen LogP contribution in [0.4, 0.5) is 0 Å². The highest BCUT2D eigenvalue weighted by molar-refractivity contribution is 5.85. The van der Waals surface area contributed by atoms with E-state index in [1.807, 2.05) is 6.92 Å². The number of ether oxygens (including phenoxy) is 2. The van der Waals surface area contributed by atoms with E-state index in [1.54, 1.807) is 0 Å². The van der Waals surface area contributed by atoms with Crippen LogP contribution in [0.15, 0.2) is 11.6 Å². The van der Waals surface area contributed by atoms with Crippen LogP contribution in [0.2, 0.25) is 0 Å². The molecule has 3 saturated carbocycles. The lowest BCUT2D eigenvalue weighted by Crippen LogP contribution is -2.77. The molecule has 2 heterocycles. The topological polar surface area (TPSA) is 113 Å². The van der Waals surface area contributed by atoms with Crippen LogP contribution < -0.4 is 0 Å². The fourth-order valence-electron chi connectivity index (χ4n) is 8.85. The molecule has 7 heteroatoms. The maximum absolute atomic E-state index is 12.9. The quantitative estimate of drug-likeness (QED) is 0.393. The predicted octanol–water partition coefficient (Wildman–Crippen LogP) is 3.05. The number of hydrogen-bond acceptors (Lipinski definition) is 7. The van der Waals surface area contributed by atoms with Crippen LogP contribution in [0.1, 0.15) is 84.5 Å². The average molecular weight is 501 g/mol. The Labute approximate surface area is 213 Å². The van der Waals surface area contributed by atoms with Crippen molar-refractivity contribution in [3.05, 3.63) is 11.6 Å². The molecule has 3 N–H and O–H groups in total. The third kappa shape index (κ3) is 3.67. The molecule has 0 saturated heterocycles. The van der Waals surface area contributed by atoms with Crippen LogP contribution in [-0.2, 0) is 19.1 Å². The van der Waals surface area contributed by atoms with Crippen LogP contribution in [0, 0.1) is 39.9 Å². The van der Waals surface area contributed by atoms with E-state index in [1.165, 1.54) is 6.08 Å². The molecule has 0 aromatic heterocycles. The highest BCUT2D eigenvalue weighted by atomic mass is 16.5. The SMILES string of the molecule is CC1(C2CCCC2)CCC(O)C2(CO)C1C1CC(C)(C#CCCC(=O)O1)C2(O)CCC1=CC(=O)OC1. The van der Waals surface area contributed by atoms with Gasteiger partial charge in [-0.05, 0) is 62.4 Å². The molecule has 2 bridgehead atoms. The van der Waals surface area contributed by atoms with Gasteiger partial charge in [0.25, 0.3) is 0 Å². The van der Waals surface area contributed by atoms with Gasteiger partial charge < -0.3 is 24.8 Å². The fraction of sp³-hybridized carbons (Fsp3) is 0.793. The van der Waals surface area contributed by atoms with E-state index < -0.39 is 41.2 Å². The van der Waals surface area contributed by atoms with Gasteiger partial charge in [-0.2, -0.15) is 0 Å². The molecule has 36 heavy (non-hydrogen) atoms. The van der Waals surface area contributed by atoms with Gasteiger partial charge in [-0.25, -0.2) is 4.79 Å². The van der Waals surface area contributed by atoms with Gasteiger partial charge in [0.05, 0.1) is 35.6 Å². The summed E-state index contributed by atoms with van der Waals surface area (Å²) in [7, 11) is 0. The van der Waals surface area contributed by atoms with Crippen molar-refractivity contribution < 1.29 is 34.4 Å². The summed E-state index contributed by atoms with van der Waals surface area (Å²) in [5.74, 6) is 5.66. The summed E-state index contributed by atoms with van der Waals surface area (Å²) < 4.78 is 11.3. The number of esters is 2. The van der Waals surface area contributed by atoms with Crippen molar-refractivity contribution in [1.82, 2.24) is 0 Å². The zero-order valence-electron chi connectivity index (χ0n) is 21.6. The highest BCUT2D eigenvalue weighted by Crippen LogP contribution is 2.70. The van der Waals surface area contributed by atoms with Crippen molar-refractivity contribution in [3.63, 3.8) is 0 Å². The Kier molecular flexibility index (Phi) is 6.54. The minimum absolute atomic E-state index is 0.186. The molecule has 7 atom stereocenters. The van der Waals surface area contributed by atoms with Crippen LogP contribution in [0.5, 0.6) is 0 Å². The van der Waals surface area contributed by atoms with Gasteiger partial charge in [-0.15, -0.1) is 5.92 Å². The van der Waals surface area contributed by atoms with Gasteiger partial charge in [0, 0.05) is 24.8 Å². The van der Waals surface area contributed by atoms with E-state index >= 15 is 0 Å². The lowest BCUT2D eigenvalue weighted by atomic mass is 9.37. The molecule has 0 amide bonds. The lowest BCUT2D eigenvalue weighted by Gasteiger charge is -2.70. The van der Waals surface area contributed by atoms with Crippen molar-refractivity contribution in [3.8, 4) is 11.8 Å². The van der Waals surface area contributed by atoms with E-state index in [9.17, 15) is 24.9 Å². The molecule has 0 spiro atoms. The average Bonchev–Trinajstić information content (AvgIpc) is 3.53. The maximum Gasteiger partial charge on any atom is 0.331 e. The summed E-state index contributed by atoms with van der Waals surface area (Å²) in [6.45, 7) is 3.87. The summed E-state index contributed by atoms with van der Waals surface area (Å²) >= 11 is 0. The van der Waals surface area contributed by atoms with Gasteiger partial charge >= 0.3 is 11.9 Å². The predicted molar refractivity (Wildman–Crippen MR) is 131 cm³/mol. The number of carbonyl (C=O) groups is 2. The Balaban J connectivity index is 1.68. The first kappa shape index (κ1) is 25.8. The minimum atomic E-state index is -1.58. The van der Waals surface area contributed by atoms with Gasteiger partial charge in [-0.3, -0.25) is 4.79 Å². The molecule has 5 aliphatic rings. The second-order valence-corrected chi connectivity index (χ2v) is 12.4. The molecule has 3 fully saturated rings. The molecule has 198 valence electrons. The minimum Gasteiger partial charge on any atom is -0.462 e. The second kappa shape index (κ2) is 9.15. The summed E-state index contributed by atoms with van der Waals surface area (Å²) in [6, 6.07) is 0. The Morgan fingerprint density at radius 2 is 1.92 bits per heavy atom. The third-order valence-electron chi connectivity index (χ3n) is 10.7. The number of aliphatic hydroxyl groups is 3. The smallest absolute Gasteiger partial charge is 0.331 e. The first-order valence-electron chi connectivity index (χ1n) is 13.7. The Morgan fingerprint density at radius 3 is 2.58 bits per heavy atom. The molecule has 7 unspecified atom stereocenters. The zero-order chi connectivity index (χ0) is 25.8. The number of aliphatic hydroxyl groups excluding tert-OH is 2. The molecule has 5 rings (SSSR count). The van der Waals surface area contributed by atoms with Crippen molar-refractivity contribution in [2.45, 2.75) is 102 Å². The highest BCUT2D eigenvalue weighted by Gasteiger charge is 2.75. The monoisotopic (exact) mass is 500 g/mol. The summed E-state index contributed by atoms with van der Waals surface area (Å²) in [5.41, 5.74) is -3.46. The standard InChI is InChI=1S/C29H40O7/c1-26-12-6-5-9-23(32)36-21(16-26)25-27(2,20-7-3-4-8-20)13-11-22(31)28(25,18-30)29(26,34)14-10-19-15-24(33)35-17-19/h15,20-22,25,30-31,34H,3-5,7-11,13-14,16-18H2,1-2H3. The largest absolute Gasteiger partial charge is 0.462 e. The molecular weight excluding hydrogens is 460 g/mol. The van der Waals surface area contributed by atoms with Crippen molar-refractivity contribution in [2.75, 3.05) is 13.2 Å². The molecular formula is C29H40O7. The molecule has 0 aromatic carbocycles. The van der Waals surface area contributed by atoms with Gasteiger partial charge in [-0.1, -0.05) is 25.7 Å². The normalized spacial score (nSPS) is 44.8. The molecule has 0 aromatic rings. The summed E-state index contributed by atoms with van der Waals surface area (Å²) in [5, 5.41) is 35.9. The number of carbonyl (C=O) groups excluding carboxylic acids is 2. The van der Waals surface area contributed by atoms with E-state index in [2.05, 4.69) is 18.8 Å². The number of cyclic esters (lactones) is 1. The number of fused-ring (bicyclic) bond motifs is 4. The van der Waals surface area contributed by atoms with E-state index in [4.69, 9.17) is 9.47 Å². The van der Waals surface area contributed by atoms with Crippen LogP contribution in [0.25, 0.3) is 0 Å². The van der Waals surface area contributed by atoms with Crippen molar-refractivity contribution >= 4 is 11.9 Å². The van der Waals surface area contributed by atoms with Crippen LogP contribution in [-0.4, -0.2) is 58.3 Å². The third-order valence-corrected chi connectivity index (χ3v) is 10.7. The van der Waals surface area contributed by atoms with Gasteiger partial charge in [0.1, 0.15) is 12.7 Å². The van der Waals surface area contributed by atoms with Crippen LogP contribution in [0.3, 0.4) is 0 Å². The number of hydrogen-bond donors (Lipinski definition) is 3. The maximum atomic E-state index is 12.9.